The van der Waals surface area contributed by atoms with Gasteiger partial charge in [-0.2, -0.15) is 10.4 Å². The van der Waals surface area contributed by atoms with Crippen molar-refractivity contribution in [3.8, 4) is 6.07 Å². The monoisotopic (exact) mass is 240 g/mol. The highest BCUT2D eigenvalue weighted by Gasteiger charge is 2.07. The minimum absolute atomic E-state index is 0.146. The number of benzene rings is 1. The third-order valence-corrected chi connectivity index (χ3v) is 2.86. The van der Waals surface area contributed by atoms with Crippen LogP contribution in [-0.2, 0) is 6.54 Å². The second-order valence-electron chi connectivity index (χ2n) is 4.19. The van der Waals surface area contributed by atoms with Crippen LogP contribution in [0.25, 0.3) is 0 Å². The molecule has 1 heterocycles. The summed E-state index contributed by atoms with van der Waals surface area (Å²) >= 11 is 0. The highest BCUT2D eigenvalue weighted by molar-refractivity contribution is 5.43. The molecule has 18 heavy (non-hydrogen) atoms. The first-order chi connectivity index (χ1) is 8.72. The van der Waals surface area contributed by atoms with Crippen LogP contribution in [-0.4, -0.2) is 9.78 Å². The molecular formula is C14H16N4. The van der Waals surface area contributed by atoms with Crippen LogP contribution in [0.3, 0.4) is 0 Å². The van der Waals surface area contributed by atoms with Crippen molar-refractivity contribution in [1.82, 2.24) is 9.78 Å². The van der Waals surface area contributed by atoms with Crippen molar-refractivity contribution in [3.05, 3.63) is 47.8 Å². The topological polar surface area (TPSA) is 53.6 Å². The molecule has 2 rings (SSSR count). The summed E-state index contributed by atoms with van der Waals surface area (Å²) in [6, 6.07) is 9.94. The van der Waals surface area contributed by atoms with Gasteiger partial charge in [-0.25, -0.2) is 0 Å². The zero-order valence-electron chi connectivity index (χ0n) is 10.6. The molecule has 0 aliphatic rings. The Morgan fingerprint density at radius 3 is 3.00 bits per heavy atom. The lowest BCUT2D eigenvalue weighted by atomic mass is 10.1. The molecule has 4 nitrogen and oxygen atoms in total. The number of nitriles is 1. The van der Waals surface area contributed by atoms with Crippen molar-refractivity contribution in [2.75, 3.05) is 5.32 Å². The van der Waals surface area contributed by atoms with Crippen molar-refractivity contribution in [1.29, 1.82) is 5.26 Å². The number of nitrogens with zero attached hydrogens (tertiary/aromatic N) is 3. The van der Waals surface area contributed by atoms with Gasteiger partial charge in [-0.15, -0.1) is 0 Å². The normalized spacial score (nSPS) is 11.8. The van der Waals surface area contributed by atoms with E-state index in [-0.39, 0.29) is 6.04 Å². The lowest BCUT2D eigenvalue weighted by Crippen LogP contribution is -2.06. The summed E-state index contributed by atoms with van der Waals surface area (Å²) in [7, 11) is 0. The van der Waals surface area contributed by atoms with Gasteiger partial charge in [0.25, 0.3) is 0 Å². The number of hydrogen-bond donors (Lipinski definition) is 1. The Bertz CT molecular complexity index is 565. The summed E-state index contributed by atoms with van der Waals surface area (Å²) < 4.78 is 1.88. The number of aryl methyl sites for hydroxylation is 1. The molecule has 4 heteroatoms. The molecular weight excluding hydrogens is 224 g/mol. The van der Waals surface area contributed by atoms with Crippen LogP contribution in [0.2, 0.25) is 0 Å². The largest absolute Gasteiger partial charge is 0.376 e. The van der Waals surface area contributed by atoms with E-state index in [1.165, 1.54) is 0 Å². The molecule has 0 fully saturated rings. The molecule has 0 radical (unpaired) electrons. The van der Waals surface area contributed by atoms with E-state index in [9.17, 15) is 0 Å². The van der Waals surface area contributed by atoms with E-state index in [0.717, 1.165) is 17.8 Å². The Balaban J connectivity index is 2.11. The van der Waals surface area contributed by atoms with Gasteiger partial charge in [-0.3, -0.25) is 4.68 Å². The molecule has 2 aromatic rings. The van der Waals surface area contributed by atoms with E-state index in [1.807, 2.05) is 41.3 Å². The Morgan fingerprint density at radius 2 is 2.33 bits per heavy atom. The fourth-order valence-corrected chi connectivity index (χ4v) is 1.82. The van der Waals surface area contributed by atoms with Gasteiger partial charge in [0.05, 0.1) is 23.5 Å². The predicted molar refractivity (Wildman–Crippen MR) is 71.1 cm³/mol. The number of nitrogens with one attached hydrogen (secondary N) is 1. The maximum atomic E-state index is 8.89. The zero-order chi connectivity index (χ0) is 13.0. The highest BCUT2D eigenvalue weighted by atomic mass is 15.3. The summed E-state index contributed by atoms with van der Waals surface area (Å²) in [4.78, 5) is 0. The molecule has 92 valence electrons. The quantitative estimate of drug-likeness (QED) is 0.893. The fraction of sp³-hybridized carbons (Fsp3) is 0.286. The molecule has 0 spiro atoms. The molecule has 0 amide bonds. The molecule has 0 saturated heterocycles. The molecule has 0 saturated carbocycles. The maximum Gasteiger partial charge on any atom is 0.0991 e. The number of aromatic nitrogens is 2. The number of anilines is 1. The summed E-state index contributed by atoms with van der Waals surface area (Å²) in [6.07, 6.45) is 3.79. The van der Waals surface area contributed by atoms with Crippen LogP contribution >= 0.6 is 0 Å². The molecule has 1 unspecified atom stereocenters. The maximum absolute atomic E-state index is 8.89. The first-order valence-electron chi connectivity index (χ1n) is 6.02. The lowest BCUT2D eigenvalue weighted by Gasteiger charge is -2.14. The molecule has 1 aromatic heterocycles. The average Bonchev–Trinajstić information content (AvgIpc) is 2.86. The Kier molecular flexibility index (Phi) is 3.63. The van der Waals surface area contributed by atoms with Crippen molar-refractivity contribution in [2.45, 2.75) is 26.4 Å². The molecule has 1 atom stereocenters. The lowest BCUT2D eigenvalue weighted by molar-refractivity contribution is 0.660. The van der Waals surface area contributed by atoms with E-state index < -0.39 is 0 Å². The molecule has 0 aliphatic heterocycles. The fourth-order valence-electron chi connectivity index (χ4n) is 1.82. The van der Waals surface area contributed by atoms with E-state index in [2.05, 4.69) is 30.3 Å². The van der Waals surface area contributed by atoms with Crippen LogP contribution in [0.5, 0.6) is 0 Å². The Labute approximate surface area is 107 Å². The first-order valence-corrected chi connectivity index (χ1v) is 6.02. The van der Waals surface area contributed by atoms with Crippen LogP contribution in [0.4, 0.5) is 5.69 Å². The van der Waals surface area contributed by atoms with E-state index in [4.69, 9.17) is 5.26 Å². The third-order valence-electron chi connectivity index (χ3n) is 2.86. The predicted octanol–water partition coefficient (Wildman–Crippen LogP) is 2.95. The second-order valence-corrected chi connectivity index (χ2v) is 4.19. The van der Waals surface area contributed by atoms with Gasteiger partial charge in [0.1, 0.15) is 0 Å². The minimum atomic E-state index is 0.146. The van der Waals surface area contributed by atoms with Crippen molar-refractivity contribution < 1.29 is 0 Å². The van der Waals surface area contributed by atoms with Crippen LogP contribution < -0.4 is 5.32 Å². The van der Waals surface area contributed by atoms with Gasteiger partial charge in [0.15, 0.2) is 0 Å². The Hall–Kier alpha value is -2.28. The molecule has 1 aromatic carbocycles. The molecule has 0 aliphatic carbocycles. The van der Waals surface area contributed by atoms with Gasteiger partial charge in [-0.1, -0.05) is 12.1 Å². The number of hydrogen-bond acceptors (Lipinski definition) is 3. The van der Waals surface area contributed by atoms with Gasteiger partial charge >= 0.3 is 0 Å². The first kappa shape index (κ1) is 12.2. The smallest absolute Gasteiger partial charge is 0.0991 e. The van der Waals surface area contributed by atoms with E-state index in [1.54, 1.807) is 0 Å². The van der Waals surface area contributed by atoms with Gasteiger partial charge in [-0.05, 0) is 31.5 Å². The average molecular weight is 240 g/mol. The van der Waals surface area contributed by atoms with Crippen molar-refractivity contribution >= 4 is 5.69 Å². The van der Waals surface area contributed by atoms with E-state index >= 15 is 0 Å². The summed E-state index contributed by atoms with van der Waals surface area (Å²) in [6.45, 7) is 4.98. The van der Waals surface area contributed by atoms with Crippen LogP contribution in [0, 0.1) is 11.3 Å². The summed E-state index contributed by atoms with van der Waals surface area (Å²) in [5.74, 6) is 0. The summed E-state index contributed by atoms with van der Waals surface area (Å²) in [5.41, 5.74) is 2.77. The van der Waals surface area contributed by atoms with Gasteiger partial charge < -0.3 is 5.32 Å². The van der Waals surface area contributed by atoms with Crippen LogP contribution in [0.1, 0.15) is 31.0 Å². The molecule has 0 bridgehead atoms. The van der Waals surface area contributed by atoms with E-state index in [0.29, 0.717) is 5.56 Å². The highest BCUT2D eigenvalue weighted by Crippen LogP contribution is 2.19. The Morgan fingerprint density at radius 1 is 1.50 bits per heavy atom. The SMILES string of the molecule is CCn1cc(NC(C)c2cccc(C#N)c2)cn1. The second kappa shape index (κ2) is 5.37. The standard InChI is InChI=1S/C14H16N4/c1-3-18-10-14(9-16-18)17-11(2)13-6-4-5-12(7-13)8-15/h4-7,9-11,17H,3H2,1-2H3. The zero-order valence-corrected chi connectivity index (χ0v) is 10.6. The summed E-state index contributed by atoms with van der Waals surface area (Å²) in [5, 5.41) is 16.5. The van der Waals surface area contributed by atoms with Crippen LogP contribution in [0.15, 0.2) is 36.7 Å². The van der Waals surface area contributed by atoms with Gasteiger partial charge in [0, 0.05) is 18.8 Å². The number of rotatable bonds is 4. The van der Waals surface area contributed by atoms with Crippen molar-refractivity contribution in [3.63, 3.8) is 0 Å². The van der Waals surface area contributed by atoms with Crippen molar-refractivity contribution in [2.24, 2.45) is 0 Å². The molecule has 1 N–H and O–H groups in total. The van der Waals surface area contributed by atoms with Gasteiger partial charge in [0.2, 0.25) is 0 Å². The third kappa shape index (κ3) is 2.69. The minimum Gasteiger partial charge on any atom is -0.376 e.